The zero-order chi connectivity index (χ0) is 21.6. The fourth-order valence-electron chi connectivity index (χ4n) is 3.68. The summed E-state index contributed by atoms with van der Waals surface area (Å²) in [5, 5.41) is 6.58. The molecule has 0 unspecified atom stereocenters. The van der Waals surface area contributed by atoms with Gasteiger partial charge >= 0.3 is 0 Å². The van der Waals surface area contributed by atoms with Crippen molar-refractivity contribution in [3.63, 3.8) is 0 Å². The maximum atomic E-state index is 4.58. The average Bonchev–Trinajstić information content (AvgIpc) is 2.86. The third kappa shape index (κ3) is 4.83. The summed E-state index contributed by atoms with van der Waals surface area (Å²) in [4.78, 5) is 26.6. The number of aromatic nitrogens is 5. The minimum absolute atomic E-state index is 0.540. The Labute approximate surface area is 187 Å². The monoisotopic (exact) mass is 427 g/mol. The van der Waals surface area contributed by atoms with Crippen LogP contribution in [-0.2, 0) is 0 Å². The van der Waals surface area contributed by atoms with Crippen LogP contribution in [0.2, 0.25) is 0 Å². The van der Waals surface area contributed by atoms with Crippen LogP contribution in [0.3, 0.4) is 0 Å². The molecule has 0 atom stereocenters. The molecular weight excluding hydrogens is 402 g/mol. The fourth-order valence-corrected chi connectivity index (χ4v) is 3.68. The van der Waals surface area contributed by atoms with Crippen LogP contribution in [0.1, 0.15) is 12.8 Å². The van der Waals surface area contributed by atoms with Crippen LogP contribution in [0.4, 0.5) is 29.2 Å². The van der Waals surface area contributed by atoms with Gasteiger partial charge in [0.05, 0.1) is 18.1 Å². The van der Waals surface area contributed by atoms with E-state index in [2.05, 4.69) is 63.6 Å². The molecule has 0 spiro atoms. The summed E-state index contributed by atoms with van der Waals surface area (Å²) < 4.78 is 0. The minimum atomic E-state index is 0.540. The Bertz CT molecular complexity index is 1090. The van der Waals surface area contributed by atoms with E-state index in [1.54, 1.807) is 6.33 Å². The van der Waals surface area contributed by atoms with Gasteiger partial charge < -0.3 is 20.4 Å². The molecule has 3 heterocycles. The molecule has 1 aliphatic carbocycles. The molecule has 3 aromatic rings. The first-order valence-electron chi connectivity index (χ1n) is 10.8. The second kappa shape index (κ2) is 9.42. The largest absolute Gasteiger partial charge is 0.353 e. The van der Waals surface area contributed by atoms with Gasteiger partial charge in [0.2, 0.25) is 17.8 Å². The molecule has 1 aromatic carbocycles. The van der Waals surface area contributed by atoms with Crippen molar-refractivity contribution in [1.82, 2.24) is 24.9 Å². The van der Waals surface area contributed by atoms with Gasteiger partial charge in [-0.05, 0) is 31.1 Å². The van der Waals surface area contributed by atoms with Crippen molar-refractivity contribution in [2.45, 2.75) is 12.8 Å². The van der Waals surface area contributed by atoms with Crippen LogP contribution in [0, 0.1) is 0 Å². The second-order valence-corrected chi connectivity index (χ2v) is 7.61. The van der Waals surface area contributed by atoms with E-state index in [0.29, 0.717) is 11.9 Å². The van der Waals surface area contributed by atoms with Crippen molar-refractivity contribution in [2.75, 3.05) is 46.6 Å². The lowest BCUT2D eigenvalue weighted by molar-refractivity contribution is 0.627. The Kier molecular flexibility index (Phi) is 5.87. The van der Waals surface area contributed by atoms with Crippen molar-refractivity contribution in [2.24, 2.45) is 0 Å². The fraction of sp³-hybridized carbons (Fsp3) is 0.261. The van der Waals surface area contributed by atoms with E-state index < -0.39 is 0 Å². The number of anilines is 5. The number of rotatable bonds is 6. The third-order valence-electron chi connectivity index (χ3n) is 5.36. The lowest BCUT2D eigenvalue weighted by Gasteiger charge is -2.34. The van der Waals surface area contributed by atoms with Crippen LogP contribution in [0.5, 0.6) is 0 Å². The Balaban J connectivity index is 1.18. The van der Waals surface area contributed by atoms with Gasteiger partial charge in [0.25, 0.3) is 0 Å². The molecule has 0 bridgehead atoms. The van der Waals surface area contributed by atoms with Crippen LogP contribution in [0.25, 0.3) is 0 Å². The molecule has 32 heavy (non-hydrogen) atoms. The molecule has 1 saturated heterocycles. The maximum absolute atomic E-state index is 4.58. The van der Waals surface area contributed by atoms with Crippen molar-refractivity contribution < 1.29 is 0 Å². The molecular formula is C23H25N9. The van der Waals surface area contributed by atoms with Gasteiger partial charge in [-0.1, -0.05) is 30.4 Å². The first-order chi connectivity index (χ1) is 15.8. The SMILES string of the molecule is C1=CC(Nc2cnc(N3CCN(c4ncnc(Nc5ccccc5)n4)CC3)nc2)=CCC1. The molecule has 5 rings (SSSR count). The highest BCUT2D eigenvalue weighted by Gasteiger charge is 2.21. The zero-order valence-corrected chi connectivity index (χ0v) is 17.7. The van der Waals surface area contributed by atoms with E-state index in [0.717, 1.165) is 62.0 Å². The van der Waals surface area contributed by atoms with Crippen molar-refractivity contribution in [3.05, 3.63) is 73.0 Å². The van der Waals surface area contributed by atoms with E-state index in [-0.39, 0.29) is 0 Å². The topological polar surface area (TPSA) is 95.0 Å². The molecule has 0 saturated carbocycles. The van der Waals surface area contributed by atoms with Gasteiger partial charge in [0.15, 0.2) is 0 Å². The molecule has 9 heteroatoms. The van der Waals surface area contributed by atoms with Gasteiger partial charge in [0, 0.05) is 37.6 Å². The van der Waals surface area contributed by atoms with Gasteiger partial charge in [0.1, 0.15) is 6.33 Å². The van der Waals surface area contributed by atoms with Crippen LogP contribution in [0.15, 0.2) is 73.0 Å². The number of nitrogens with one attached hydrogen (secondary N) is 2. The Morgan fingerprint density at radius 3 is 2.19 bits per heavy atom. The Morgan fingerprint density at radius 1 is 0.719 bits per heavy atom. The molecule has 2 aliphatic rings. The number of hydrogen-bond acceptors (Lipinski definition) is 9. The minimum Gasteiger partial charge on any atom is -0.353 e. The third-order valence-corrected chi connectivity index (χ3v) is 5.36. The summed E-state index contributed by atoms with van der Waals surface area (Å²) in [6.45, 7) is 3.17. The highest BCUT2D eigenvalue weighted by atomic mass is 15.4. The van der Waals surface area contributed by atoms with Crippen LogP contribution < -0.4 is 20.4 Å². The van der Waals surface area contributed by atoms with E-state index in [1.165, 1.54) is 0 Å². The molecule has 2 N–H and O–H groups in total. The second-order valence-electron chi connectivity index (χ2n) is 7.61. The first-order valence-corrected chi connectivity index (χ1v) is 10.8. The predicted octanol–water partition coefficient (Wildman–Crippen LogP) is 3.38. The van der Waals surface area contributed by atoms with Gasteiger partial charge in [-0.25, -0.2) is 19.9 Å². The van der Waals surface area contributed by atoms with Crippen LogP contribution in [-0.4, -0.2) is 51.1 Å². The summed E-state index contributed by atoms with van der Waals surface area (Å²) in [5.41, 5.74) is 2.94. The quantitative estimate of drug-likeness (QED) is 0.614. The smallest absolute Gasteiger partial charge is 0.231 e. The van der Waals surface area contributed by atoms with Gasteiger partial charge in [-0.15, -0.1) is 0 Å². The Hall–Kier alpha value is -4.01. The van der Waals surface area contributed by atoms with E-state index in [1.807, 2.05) is 42.7 Å². The molecule has 0 amide bonds. The molecule has 1 fully saturated rings. The van der Waals surface area contributed by atoms with E-state index >= 15 is 0 Å². The molecule has 9 nitrogen and oxygen atoms in total. The Morgan fingerprint density at radius 2 is 1.47 bits per heavy atom. The van der Waals surface area contributed by atoms with Crippen LogP contribution >= 0.6 is 0 Å². The number of piperazine rings is 1. The molecule has 2 aromatic heterocycles. The molecule has 162 valence electrons. The van der Waals surface area contributed by atoms with Crippen molar-refractivity contribution >= 4 is 29.2 Å². The number of benzene rings is 1. The summed E-state index contributed by atoms with van der Waals surface area (Å²) in [5.74, 6) is 1.95. The predicted molar refractivity (Wildman–Crippen MR) is 126 cm³/mol. The normalized spacial score (nSPS) is 15.9. The highest BCUT2D eigenvalue weighted by molar-refractivity contribution is 5.54. The van der Waals surface area contributed by atoms with Crippen molar-refractivity contribution in [1.29, 1.82) is 0 Å². The molecule has 1 aliphatic heterocycles. The number of allylic oxidation sites excluding steroid dienone is 3. The van der Waals surface area contributed by atoms with Gasteiger partial charge in [-0.3, -0.25) is 0 Å². The lowest BCUT2D eigenvalue weighted by atomic mass is 10.1. The lowest BCUT2D eigenvalue weighted by Crippen LogP contribution is -2.47. The number of hydrogen-bond donors (Lipinski definition) is 2. The molecule has 0 radical (unpaired) electrons. The van der Waals surface area contributed by atoms with Crippen molar-refractivity contribution in [3.8, 4) is 0 Å². The summed E-state index contributed by atoms with van der Waals surface area (Å²) in [7, 11) is 0. The summed E-state index contributed by atoms with van der Waals surface area (Å²) >= 11 is 0. The van der Waals surface area contributed by atoms with Gasteiger partial charge in [-0.2, -0.15) is 4.98 Å². The van der Waals surface area contributed by atoms with E-state index in [4.69, 9.17) is 0 Å². The average molecular weight is 428 g/mol. The number of para-hydroxylation sites is 1. The summed E-state index contributed by atoms with van der Waals surface area (Å²) in [6, 6.07) is 9.87. The first kappa shape index (κ1) is 19.9. The zero-order valence-electron chi connectivity index (χ0n) is 17.7. The van der Waals surface area contributed by atoms with E-state index in [9.17, 15) is 0 Å². The maximum Gasteiger partial charge on any atom is 0.231 e. The summed E-state index contributed by atoms with van der Waals surface area (Å²) in [6.07, 6.45) is 13.8. The highest BCUT2D eigenvalue weighted by Crippen LogP contribution is 2.19. The number of nitrogens with zero attached hydrogens (tertiary/aromatic N) is 7. The standard InChI is InChI=1S/C23H25N9/c1-3-7-18(8-4-1)28-20-15-24-22(25-16-20)31-11-13-32(14-12-31)23-27-17-26-21(30-23)29-19-9-5-2-6-10-19/h2-3,5-10,15-17,28H,1,4,11-14H2,(H,26,27,29,30).